The van der Waals surface area contributed by atoms with Crippen LogP contribution in [0.15, 0.2) is 36.7 Å². The molecule has 2 N–H and O–H groups in total. The van der Waals surface area contributed by atoms with Crippen LogP contribution < -0.4 is 0 Å². The molecule has 1 saturated heterocycles. The molecule has 114 valence electrons. The molecule has 1 aliphatic rings. The first-order valence-corrected chi connectivity index (χ1v) is 8.08. The van der Waals surface area contributed by atoms with E-state index in [4.69, 9.17) is 0 Å². The highest BCUT2D eigenvalue weighted by Gasteiger charge is 2.23. The summed E-state index contributed by atoms with van der Waals surface area (Å²) in [5, 5.41) is 1.35. The summed E-state index contributed by atoms with van der Waals surface area (Å²) in [6.45, 7) is 5.35. The maximum absolute atomic E-state index is 4.53. The summed E-state index contributed by atoms with van der Waals surface area (Å²) in [5.74, 6) is 1.69. The van der Waals surface area contributed by atoms with Crippen molar-refractivity contribution in [3.05, 3.63) is 53.7 Å². The minimum absolute atomic E-state index is 0.535. The second-order valence-corrected chi connectivity index (χ2v) is 6.39. The van der Waals surface area contributed by atoms with E-state index >= 15 is 0 Å². The number of fused-ring (bicyclic) bond motifs is 1. The Morgan fingerprint density at radius 2 is 2.23 bits per heavy atom. The summed E-state index contributed by atoms with van der Waals surface area (Å²) in [5.41, 5.74) is 3.78. The SMILES string of the molecule is Cc1cnc([C@@H]2CCCN(Cc3c[nH]c4ccccc34)C2)[nH]1. The number of nitrogens with zero attached hydrogens (tertiary/aromatic N) is 2. The van der Waals surface area contributed by atoms with E-state index in [-0.39, 0.29) is 0 Å². The number of piperidine rings is 1. The van der Waals surface area contributed by atoms with Gasteiger partial charge in [0, 0.05) is 48.0 Å². The topological polar surface area (TPSA) is 47.7 Å². The van der Waals surface area contributed by atoms with E-state index < -0.39 is 0 Å². The minimum Gasteiger partial charge on any atom is -0.361 e. The quantitative estimate of drug-likeness (QED) is 0.775. The first kappa shape index (κ1) is 13.6. The number of aromatic nitrogens is 3. The number of aromatic amines is 2. The van der Waals surface area contributed by atoms with E-state index in [1.807, 2.05) is 6.20 Å². The summed E-state index contributed by atoms with van der Waals surface area (Å²) in [7, 11) is 0. The fourth-order valence-electron chi connectivity index (χ4n) is 3.57. The van der Waals surface area contributed by atoms with Gasteiger partial charge >= 0.3 is 0 Å². The van der Waals surface area contributed by atoms with E-state index in [0.717, 1.165) is 24.6 Å². The molecule has 1 atom stereocenters. The van der Waals surface area contributed by atoms with Gasteiger partial charge in [0.15, 0.2) is 0 Å². The maximum Gasteiger partial charge on any atom is 0.110 e. The predicted octanol–water partition coefficient (Wildman–Crippen LogP) is 3.58. The molecule has 0 spiro atoms. The number of H-pyrrole nitrogens is 2. The average molecular weight is 294 g/mol. The molecule has 0 amide bonds. The van der Waals surface area contributed by atoms with Crippen LogP contribution in [0.2, 0.25) is 0 Å². The summed E-state index contributed by atoms with van der Waals surface area (Å²) in [4.78, 5) is 13.9. The van der Waals surface area contributed by atoms with Gasteiger partial charge in [-0.25, -0.2) is 4.98 Å². The standard InChI is InChI=1S/C18H22N4/c1-13-9-20-18(21-13)14-5-4-8-22(11-14)12-15-10-19-17-7-3-2-6-16(15)17/h2-3,6-7,9-10,14,19H,4-5,8,11-12H2,1H3,(H,20,21)/t14-/m1/s1. The first-order chi connectivity index (χ1) is 10.8. The van der Waals surface area contributed by atoms with Crippen molar-refractivity contribution in [2.24, 2.45) is 0 Å². The summed E-state index contributed by atoms with van der Waals surface area (Å²) < 4.78 is 0. The molecule has 2 aromatic heterocycles. The van der Waals surface area contributed by atoms with Gasteiger partial charge < -0.3 is 9.97 Å². The third-order valence-electron chi connectivity index (χ3n) is 4.68. The van der Waals surface area contributed by atoms with Gasteiger partial charge in [-0.05, 0) is 37.9 Å². The Bertz CT molecular complexity index is 770. The van der Waals surface area contributed by atoms with Gasteiger partial charge in [-0.15, -0.1) is 0 Å². The number of rotatable bonds is 3. The van der Waals surface area contributed by atoms with Crippen LogP contribution in [-0.2, 0) is 6.54 Å². The highest BCUT2D eigenvalue weighted by Crippen LogP contribution is 2.27. The van der Waals surface area contributed by atoms with Gasteiger partial charge in [-0.3, -0.25) is 4.90 Å². The number of para-hydroxylation sites is 1. The zero-order chi connectivity index (χ0) is 14.9. The maximum atomic E-state index is 4.53. The molecular weight excluding hydrogens is 272 g/mol. The number of nitrogens with one attached hydrogen (secondary N) is 2. The number of likely N-dealkylation sites (tertiary alicyclic amines) is 1. The molecular formula is C18H22N4. The average Bonchev–Trinajstić information content (AvgIpc) is 3.15. The normalized spacial score (nSPS) is 19.8. The fourth-order valence-corrected chi connectivity index (χ4v) is 3.57. The van der Waals surface area contributed by atoms with Crippen molar-refractivity contribution >= 4 is 10.9 Å². The minimum atomic E-state index is 0.535. The lowest BCUT2D eigenvalue weighted by atomic mass is 9.97. The van der Waals surface area contributed by atoms with Crippen molar-refractivity contribution in [3.8, 4) is 0 Å². The van der Waals surface area contributed by atoms with Gasteiger partial charge in [0.05, 0.1) is 0 Å². The second kappa shape index (κ2) is 5.61. The Balaban J connectivity index is 1.51. The Kier molecular flexibility index (Phi) is 3.47. The van der Waals surface area contributed by atoms with E-state index in [0.29, 0.717) is 5.92 Å². The molecule has 3 heterocycles. The van der Waals surface area contributed by atoms with Crippen LogP contribution in [0.25, 0.3) is 10.9 Å². The smallest absolute Gasteiger partial charge is 0.110 e. The third-order valence-corrected chi connectivity index (χ3v) is 4.68. The molecule has 1 fully saturated rings. The molecule has 0 unspecified atom stereocenters. The van der Waals surface area contributed by atoms with Crippen LogP contribution in [0.1, 0.15) is 35.8 Å². The van der Waals surface area contributed by atoms with Crippen LogP contribution in [0.5, 0.6) is 0 Å². The van der Waals surface area contributed by atoms with Crippen LogP contribution in [0.3, 0.4) is 0 Å². The molecule has 0 saturated carbocycles. The van der Waals surface area contributed by atoms with Crippen molar-refractivity contribution in [3.63, 3.8) is 0 Å². The Morgan fingerprint density at radius 1 is 1.32 bits per heavy atom. The van der Waals surface area contributed by atoms with Crippen molar-refractivity contribution in [2.45, 2.75) is 32.2 Å². The Hall–Kier alpha value is -2.07. The van der Waals surface area contributed by atoms with E-state index in [1.54, 1.807) is 0 Å². The van der Waals surface area contributed by atoms with Gasteiger partial charge in [-0.1, -0.05) is 18.2 Å². The number of imidazole rings is 1. The Morgan fingerprint density at radius 3 is 3.09 bits per heavy atom. The lowest BCUT2D eigenvalue weighted by Gasteiger charge is -2.31. The van der Waals surface area contributed by atoms with Gasteiger partial charge in [-0.2, -0.15) is 0 Å². The lowest BCUT2D eigenvalue weighted by molar-refractivity contribution is 0.197. The summed E-state index contributed by atoms with van der Waals surface area (Å²) in [6, 6.07) is 8.55. The molecule has 4 heteroatoms. The molecule has 1 aromatic carbocycles. The second-order valence-electron chi connectivity index (χ2n) is 6.39. The highest BCUT2D eigenvalue weighted by atomic mass is 15.1. The predicted molar refractivity (Wildman–Crippen MR) is 88.9 cm³/mol. The van der Waals surface area contributed by atoms with Crippen LogP contribution in [0.4, 0.5) is 0 Å². The third kappa shape index (κ3) is 2.55. The van der Waals surface area contributed by atoms with Crippen LogP contribution in [0, 0.1) is 6.92 Å². The van der Waals surface area contributed by atoms with Crippen LogP contribution >= 0.6 is 0 Å². The molecule has 4 nitrogen and oxygen atoms in total. The van der Waals surface area contributed by atoms with Crippen molar-refractivity contribution < 1.29 is 0 Å². The van der Waals surface area contributed by atoms with E-state index in [1.165, 1.54) is 35.9 Å². The van der Waals surface area contributed by atoms with Gasteiger partial charge in [0.1, 0.15) is 5.82 Å². The first-order valence-electron chi connectivity index (χ1n) is 8.08. The summed E-state index contributed by atoms with van der Waals surface area (Å²) >= 11 is 0. The molecule has 4 rings (SSSR count). The molecule has 22 heavy (non-hydrogen) atoms. The van der Waals surface area contributed by atoms with E-state index in [2.05, 4.69) is 57.2 Å². The highest BCUT2D eigenvalue weighted by molar-refractivity contribution is 5.82. The molecule has 3 aromatic rings. The number of hydrogen-bond donors (Lipinski definition) is 2. The monoisotopic (exact) mass is 294 g/mol. The Labute approximate surface area is 130 Å². The van der Waals surface area contributed by atoms with Crippen LogP contribution in [-0.4, -0.2) is 32.9 Å². The van der Waals surface area contributed by atoms with Crippen molar-refractivity contribution in [1.82, 2.24) is 19.9 Å². The van der Waals surface area contributed by atoms with Gasteiger partial charge in [0.2, 0.25) is 0 Å². The molecule has 1 aliphatic heterocycles. The fraction of sp³-hybridized carbons (Fsp3) is 0.389. The van der Waals surface area contributed by atoms with Gasteiger partial charge in [0.25, 0.3) is 0 Å². The summed E-state index contributed by atoms with van der Waals surface area (Å²) in [6.07, 6.45) is 6.57. The molecule has 0 aliphatic carbocycles. The number of hydrogen-bond acceptors (Lipinski definition) is 2. The zero-order valence-electron chi connectivity index (χ0n) is 13.0. The van der Waals surface area contributed by atoms with Crippen molar-refractivity contribution in [1.29, 1.82) is 0 Å². The lowest BCUT2D eigenvalue weighted by Crippen LogP contribution is -2.34. The number of benzene rings is 1. The zero-order valence-corrected chi connectivity index (χ0v) is 13.0. The largest absolute Gasteiger partial charge is 0.361 e. The van der Waals surface area contributed by atoms with E-state index in [9.17, 15) is 0 Å². The van der Waals surface area contributed by atoms with Crippen molar-refractivity contribution in [2.75, 3.05) is 13.1 Å². The number of aryl methyl sites for hydroxylation is 1. The molecule has 0 bridgehead atoms. The molecule has 0 radical (unpaired) electrons.